The molecule has 2 aromatic rings. The average molecular weight is 442 g/mol. The van der Waals surface area contributed by atoms with E-state index in [9.17, 15) is 24.6 Å². The number of aliphatic hydroxyl groups is 1. The zero-order chi connectivity index (χ0) is 23.7. The number of hydrogen-bond acceptors (Lipinski definition) is 5. The summed E-state index contributed by atoms with van der Waals surface area (Å²) in [5, 5.41) is 24.9. The molecule has 8 heteroatoms. The second-order valence-corrected chi connectivity index (χ2v) is 8.12. The van der Waals surface area contributed by atoms with E-state index < -0.39 is 42.0 Å². The minimum absolute atomic E-state index is 0.102. The summed E-state index contributed by atoms with van der Waals surface area (Å²) < 4.78 is 0. The van der Waals surface area contributed by atoms with Crippen LogP contribution in [0.5, 0.6) is 0 Å². The van der Waals surface area contributed by atoms with Crippen LogP contribution in [0.3, 0.4) is 0 Å². The van der Waals surface area contributed by atoms with Crippen molar-refractivity contribution in [2.24, 2.45) is 11.7 Å². The Morgan fingerprint density at radius 3 is 1.81 bits per heavy atom. The van der Waals surface area contributed by atoms with Gasteiger partial charge in [0.15, 0.2) is 0 Å². The molecule has 0 aliphatic heterocycles. The highest BCUT2D eigenvalue weighted by atomic mass is 16.4. The van der Waals surface area contributed by atoms with Gasteiger partial charge in [-0.1, -0.05) is 74.5 Å². The van der Waals surface area contributed by atoms with Crippen LogP contribution >= 0.6 is 0 Å². The summed E-state index contributed by atoms with van der Waals surface area (Å²) >= 11 is 0. The molecule has 0 aliphatic carbocycles. The Hall–Kier alpha value is -3.23. The van der Waals surface area contributed by atoms with Crippen molar-refractivity contribution < 1.29 is 24.6 Å². The van der Waals surface area contributed by atoms with Gasteiger partial charge in [0, 0.05) is 12.5 Å². The summed E-state index contributed by atoms with van der Waals surface area (Å²) in [5.74, 6) is -2.94. The van der Waals surface area contributed by atoms with Crippen LogP contribution in [0.25, 0.3) is 0 Å². The Kier molecular flexibility index (Phi) is 9.37. The number of benzene rings is 2. The van der Waals surface area contributed by atoms with Gasteiger partial charge >= 0.3 is 5.97 Å². The first-order valence-corrected chi connectivity index (χ1v) is 10.5. The van der Waals surface area contributed by atoms with Gasteiger partial charge < -0.3 is 26.6 Å². The van der Waals surface area contributed by atoms with Crippen LogP contribution in [0, 0.1) is 5.92 Å². The quantitative estimate of drug-likeness (QED) is 0.350. The fraction of sp³-hybridized carbons (Fsp3) is 0.375. The van der Waals surface area contributed by atoms with E-state index in [-0.39, 0.29) is 18.8 Å². The normalized spacial score (nSPS) is 14.8. The Labute approximate surface area is 187 Å². The lowest BCUT2D eigenvalue weighted by atomic mass is 9.99. The van der Waals surface area contributed by atoms with E-state index in [1.807, 2.05) is 36.4 Å². The van der Waals surface area contributed by atoms with Gasteiger partial charge in [-0.05, 0) is 23.5 Å². The van der Waals surface area contributed by atoms with Crippen LogP contribution in [0.4, 0.5) is 0 Å². The highest BCUT2D eigenvalue weighted by molar-refractivity contribution is 5.92. The molecule has 8 nitrogen and oxygen atoms in total. The molecule has 0 fully saturated rings. The number of carboxylic acid groups (broad SMARTS) is 1. The van der Waals surface area contributed by atoms with Crippen LogP contribution in [0.2, 0.25) is 0 Å². The lowest BCUT2D eigenvalue weighted by Gasteiger charge is -2.26. The van der Waals surface area contributed by atoms with Crippen molar-refractivity contribution in [1.82, 2.24) is 10.6 Å². The molecule has 2 rings (SSSR count). The number of nitrogens with one attached hydrogen (secondary N) is 2. The minimum atomic E-state index is -1.52. The van der Waals surface area contributed by atoms with Gasteiger partial charge in [0.1, 0.15) is 18.2 Å². The van der Waals surface area contributed by atoms with E-state index in [0.717, 1.165) is 11.1 Å². The number of hydrogen-bond donors (Lipinski definition) is 5. The van der Waals surface area contributed by atoms with Gasteiger partial charge in [-0.15, -0.1) is 0 Å². The third kappa shape index (κ3) is 7.47. The predicted octanol–water partition coefficient (Wildman–Crippen LogP) is 0.870. The van der Waals surface area contributed by atoms with E-state index in [1.54, 1.807) is 38.1 Å². The summed E-state index contributed by atoms with van der Waals surface area (Å²) in [6.07, 6.45) is -1.14. The highest BCUT2D eigenvalue weighted by Gasteiger charge is 2.32. The van der Waals surface area contributed by atoms with Crippen molar-refractivity contribution in [2.75, 3.05) is 0 Å². The van der Waals surface area contributed by atoms with Crippen molar-refractivity contribution in [3.05, 3.63) is 71.8 Å². The Morgan fingerprint density at radius 2 is 1.34 bits per heavy atom. The van der Waals surface area contributed by atoms with Gasteiger partial charge in [-0.25, -0.2) is 4.79 Å². The van der Waals surface area contributed by atoms with Crippen molar-refractivity contribution in [1.29, 1.82) is 0 Å². The first-order valence-electron chi connectivity index (χ1n) is 10.5. The SMILES string of the molecule is CC(C)[C@H](NC(=O)C(O)[C@H](N)Cc1ccccc1)C(=O)N[C@@H](Cc1ccccc1)C(=O)O. The summed E-state index contributed by atoms with van der Waals surface area (Å²) in [6, 6.07) is 15.1. The second-order valence-electron chi connectivity index (χ2n) is 8.12. The molecule has 32 heavy (non-hydrogen) atoms. The largest absolute Gasteiger partial charge is 0.480 e. The first kappa shape index (κ1) is 25.0. The zero-order valence-corrected chi connectivity index (χ0v) is 18.3. The fourth-order valence-electron chi connectivity index (χ4n) is 3.28. The van der Waals surface area contributed by atoms with E-state index in [0.29, 0.717) is 0 Å². The minimum Gasteiger partial charge on any atom is -0.480 e. The van der Waals surface area contributed by atoms with E-state index in [1.165, 1.54) is 0 Å². The molecular formula is C24H31N3O5. The highest BCUT2D eigenvalue weighted by Crippen LogP contribution is 2.09. The summed E-state index contributed by atoms with van der Waals surface area (Å²) in [7, 11) is 0. The number of carboxylic acids is 1. The molecule has 1 unspecified atom stereocenters. The van der Waals surface area contributed by atoms with Gasteiger partial charge in [-0.2, -0.15) is 0 Å². The molecule has 4 atom stereocenters. The van der Waals surface area contributed by atoms with Crippen LogP contribution in [0.15, 0.2) is 60.7 Å². The Bertz CT molecular complexity index is 889. The van der Waals surface area contributed by atoms with Crippen molar-refractivity contribution in [3.8, 4) is 0 Å². The lowest BCUT2D eigenvalue weighted by Crippen LogP contribution is -2.57. The standard InChI is InChI=1S/C24H31N3O5/c1-15(2)20(22(29)26-19(24(31)32)14-17-11-7-4-8-12-17)27-23(30)21(28)18(25)13-16-9-5-3-6-10-16/h3-12,15,18-21,28H,13-14,25H2,1-2H3,(H,26,29)(H,27,30)(H,31,32)/t18-,19+,20+,21?/m1/s1. The maximum absolute atomic E-state index is 12.8. The Morgan fingerprint density at radius 1 is 0.844 bits per heavy atom. The zero-order valence-electron chi connectivity index (χ0n) is 18.3. The van der Waals surface area contributed by atoms with Crippen molar-refractivity contribution >= 4 is 17.8 Å². The van der Waals surface area contributed by atoms with Crippen molar-refractivity contribution in [2.45, 2.75) is 50.9 Å². The molecule has 0 heterocycles. The van der Waals surface area contributed by atoms with Crippen LogP contribution in [0.1, 0.15) is 25.0 Å². The average Bonchev–Trinajstić information content (AvgIpc) is 2.77. The maximum atomic E-state index is 12.8. The van der Waals surface area contributed by atoms with E-state index in [2.05, 4.69) is 10.6 Å². The van der Waals surface area contributed by atoms with E-state index >= 15 is 0 Å². The molecule has 0 bridgehead atoms. The summed E-state index contributed by atoms with van der Waals surface area (Å²) in [5.41, 5.74) is 7.62. The Balaban J connectivity index is 2.01. The smallest absolute Gasteiger partial charge is 0.326 e. The van der Waals surface area contributed by atoms with Gasteiger partial charge in [0.05, 0.1) is 0 Å². The van der Waals surface area contributed by atoms with Crippen LogP contribution in [-0.4, -0.2) is 52.2 Å². The molecule has 0 aromatic heterocycles. The summed E-state index contributed by atoms with van der Waals surface area (Å²) in [6.45, 7) is 3.43. The number of carbonyl (C=O) groups excluding carboxylic acids is 2. The molecule has 0 spiro atoms. The molecule has 0 saturated heterocycles. The van der Waals surface area contributed by atoms with Gasteiger partial charge in [-0.3, -0.25) is 9.59 Å². The molecule has 0 aliphatic rings. The van der Waals surface area contributed by atoms with Gasteiger partial charge in [0.2, 0.25) is 5.91 Å². The molecule has 0 radical (unpaired) electrons. The topological polar surface area (TPSA) is 142 Å². The summed E-state index contributed by atoms with van der Waals surface area (Å²) in [4.78, 5) is 37.0. The fourth-order valence-corrected chi connectivity index (χ4v) is 3.28. The second kappa shape index (κ2) is 12.0. The molecule has 0 saturated carbocycles. The number of aliphatic hydroxyl groups excluding tert-OH is 1. The number of aliphatic carboxylic acids is 1. The molecule has 2 amide bonds. The third-order valence-corrected chi connectivity index (χ3v) is 5.13. The molecule has 172 valence electrons. The van der Waals surface area contributed by atoms with Crippen molar-refractivity contribution in [3.63, 3.8) is 0 Å². The maximum Gasteiger partial charge on any atom is 0.326 e. The number of nitrogens with two attached hydrogens (primary N) is 1. The number of carbonyl (C=O) groups is 3. The number of rotatable bonds is 11. The molecular weight excluding hydrogens is 410 g/mol. The first-order chi connectivity index (χ1) is 15.2. The monoisotopic (exact) mass is 441 g/mol. The number of amides is 2. The van der Waals surface area contributed by atoms with Gasteiger partial charge in [0.25, 0.3) is 5.91 Å². The third-order valence-electron chi connectivity index (χ3n) is 5.13. The van der Waals surface area contributed by atoms with Crippen LogP contribution in [-0.2, 0) is 27.2 Å². The van der Waals surface area contributed by atoms with Crippen LogP contribution < -0.4 is 16.4 Å². The van der Waals surface area contributed by atoms with E-state index in [4.69, 9.17) is 5.73 Å². The molecule has 2 aromatic carbocycles. The lowest BCUT2D eigenvalue weighted by molar-refractivity contribution is -0.142. The predicted molar refractivity (Wildman–Crippen MR) is 121 cm³/mol. The molecule has 6 N–H and O–H groups in total.